The molecule has 0 saturated carbocycles. The zero-order valence-electron chi connectivity index (χ0n) is 8.35. The molecule has 0 aromatic carbocycles. The monoisotopic (exact) mass is 206 g/mol. The van der Waals surface area contributed by atoms with Gasteiger partial charge in [-0.3, -0.25) is 9.78 Å². The Bertz CT molecular complexity index is 512. The molecule has 78 valence electrons. The Labute approximate surface area is 85.5 Å². The average molecular weight is 206 g/mol. The number of aromatic nitrogens is 4. The number of nitrogens with zero attached hydrogens (tertiary/aromatic N) is 3. The fraction of sp³-hybridized carbons (Fsp3) is 0.222. The first-order valence-corrected chi connectivity index (χ1v) is 4.37. The van der Waals surface area contributed by atoms with Crippen LogP contribution < -0.4 is 0 Å². The third-order valence-electron chi connectivity index (χ3n) is 2.15. The SMILES string of the molecule is Cc1nn(C)cc1-c1[nH]ncc1C(=O)O. The summed E-state index contributed by atoms with van der Waals surface area (Å²) in [6.45, 7) is 1.82. The van der Waals surface area contributed by atoms with Gasteiger partial charge in [0.15, 0.2) is 0 Å². The van der Waals surface area contributed by atoms with Crippen LogP contribution in [0.2, 0.25) is 0 Å². The normalized spacial score (nSPS) is 10.5. The van der Waals surface area contributed by atoms with Crippen LogP contribution in [0.4, 0.5) is 0 Å². The van der Waals surface area contributed by atoms with Crippen molar-refractivity contribution >= 4 is 5.97 Å². The zero-order valence-corrected chi connectivity index (χ0v) is 8.35. The topological polar surface area (TPSA) is 83.8 Å². The highest BCUT2D eigenvalue weighted by molar-refractivity contribution is 5.94. The van der Waals surface area contributed by atoms with Crippen molar-refractivity contribution in [2.75, 3.05) is 0 Å². The van der Waals surface area contributed by atoms with Crippen LogP contribution in [0.1, 0.15) is 16.1 Å². The number of nitrogens with one attached hydrogen (secondary N) is 1. The van der Waals surface area contributed by atoms with Gasteiger partial charge in [-0.1, -0.05) is 0 Å². The maximum Gasteiger partial charge on any atom is 0.339 e. The van der Waals surface area contributed by atoms with E-state index in [0.29, 0.717) is 5.69 Å². The quantitative estimate of drug-likeness (QED) is 0.761. The van der Waals surface area contributed by atoms with E-state index < -0.39 is 5.97 Å². The molecule has 0 amide bonds. The van der Waals surface area contributed by atoms with Crippen LogP contribution in [-0.4, -0.2) is 31.1 Å². The number of carboxylic acid groups (broad SMARTS) is 1. The van der Waals surface area contributed by atoms with E-state index in [1.165, 1.54) is 6.20 Å². The summed E-state index contributed by atoms with van der Waals surface area (Å²) in [6.07, 6.45) is 3.05. The molecule has 2 N–H and O–H groups in total. The molecule has 0 unspecified atom stereocenters. The smallest absolute Gasteiger partial charge is 0.339 e. The fourth-order valence-electron chi connectivity index (χ4n) is 1.50. The summed E-state index contributed by atoms with van der Waals surface area (Å²) in [7, 11) is 1.79. The number of hydrogen-bond acceptors (Lipinski definition) is 3. The molecule has 0 saturated heterocycles. The van der Waals surface area contributed by atoms with Crippen molar-refractivity contribution < 1.29 is 9.90 Å². The maximum absolute atomic E-state index is 10.9. The summed E-state index contributed by atoms with van der Waals surface area (Å²) >= 11 is 0. The number of rotatable bonds is 2. The molecular weight excluding hydrogens is 196 g/mol. The highest BCUT2D eigenvalue weighted by atomic mass is 16.4. The second-order valence-corrected chi connectivity index (χ2v) is 3.27. The van der Waals surface area contributed by atoms with Gasteiger partial charge in [-0.15, -0.1) is 0 Å². The zero-order chi connectivity index (χ0) is 11.0. The number of H-pyrrole nitrogens is 1. The van der Waals surface area contributed by atoms with Gasteiger partial charge in [0.1, 0.15) is 5.56 Å². The molecule has 0 aliphatic rings. The van der Waals surface area contributed by atoms with E-state index in [-0.39, 0.29) is 5.56 Å². The second kappa shape index (κ2) is 3.23. The van der Waals surface area contributed by atoms with E-state index in [0.717, 1.165) is 11.3 Å². The summed E-state index contributed by atoms with van der Waals surface area (Å²) in [6, 6.07) is 0. The van der Waals surface area contributed by atoms with Gasteiger partial charge in [-0.2, -0.15) is 10.2 Å². The molecule has 0 spiro atoms. The van der Waals surface area contributed by atoms with Crippen LogP contribution >= 0.6 is 0 Å². The summed E-state index contributed by atoms with van der Waals surface area (Å²) in [5.41, 5.74) is 2.18. The number of hydrogen-bond donors (Lipinski definition) is 2. The van der Waals surface area contributed by atoms with Crippen LogP contribution in [0, 0.1) is 6.92 Å². The van der Waals surface area contributed by atoms with Crippen molar-refractivity contribution in [3.63, 3.8) is 0 Å². The van der Waals surface area contributed by atoms with Gasteiger partial charge in [0, 0.05) is 18.8 Å². The van der Waals surface area contributed by atoms with Gasteiger partial charge in [0.2, 0.25) is 0 Å². The Balaban J connectivity index is 2.58. The van der Waals surface area contributed by atoms with Crippen LogP contribution in [0.25, 0.3) is 11.3 Å². The van der Waals surface area contributed by atoms with Gasteiger partial charge in [-0.05, 0) is 6.92 Å². The first-order chi connectivity index (χ1) is 7.09. The van der Waals surface area contributed by atoms with Gasteiger partial charge in [0.05, 0.1) is 17.6 Å². The van der Waals surface area contributed by atoms with Crippen LogP contribution in [0.3, 0.4) is 0 Å². The molecule has 0 fully saturated rings. The minimum Gasteiger partial charge on any atom is -0.478 e. The van der Waals surface area contributed by atoms with Crippen molar-refractivity contribution in [1.29, 1.82) is 0 Å². The predicted octanol–water partition coefficient (Wildman–Crippen LogP) is 0.817. The minimum atomic E-state index is -0.998. The Morgan fingerprint density at radius 3 is 2.87 bits per heavy atom. The summed E-state index contributed by atoms with van der Waals surface area (Å²) in [5.74, 6) is -0.998. The van der Waals surface area contributed by atoms with Crippen LogP contribution in [0.15, 0.2) is 12.4 Å². The molecule has 6 nitrogen and oxygen atoms in total. The lowest BCUT2D eigenvalue weighted by Gasteiger charge is -1.95. The Kier molecular flexibility index (Phi) is 2.03. The molecule has 6 heteroatoms. The van der Waals surface area contributed by atoms with Gasteiger partial charge < -0.3 is 5.11 Å². The van der Waals surface area contributed by atoms with Gasteiger partial charge in [-0.25, -0.2) is 4.79 Å². The van der Waals surface area contributed by atoms with Crippen LogP contribution in [-0.2, 0) is 7.05 Å². The first kappa shape index (κ1) is 9.45. The van der Waals surface area contributed by atoms with E-state index in [2.05, 4.69) is 15.3 Å². The number of carboxylic acids is 1. The number of aromatic amines is 1. The Morgan fingerprint density at radius 1 is 1.60 bits per heavy atom. The maximum atomic E-state index is 10.9. The third-order valence-corrected chi connectivity index (χ3v) is 2.15. The lowest BCUT2D eigenvalue weighted by Crippen LogP contribution is -1.96. The lowest BCUT2D eigenvalue weighted by atomic mass is 10.1. The molecule has 15 heavy (non-hydrogen) atoms. The molecule has 2 aromatic rings. The number of aromatic carboxylic acids is 1. The summed E-state index contributed by atoms with van der Waals surface area (Å²) in [5, 5.41) is 19.5. The van der Waals surface area contributed by atoms with Crippen molar-refractivity contribution in [2.24, 2.45) is 7.05 Å². The molecule has 0 aliphatic heterocycles. The highest BCUT2D eigenvalue weighted by Gasteiger charge is 2.17. The van der Waals surface area contributed by atoms with E-state index in [9.17, 15) is 4.79 Å². The Morgan fingerprint density at radius 2 is 2.33 bits per heavy atom. The largest absolute Gasteiger partial charge is 0.478 e. The highest BCUT2D eigenvalue weighted by Crippen LogP contribution is 2.23. The molecule has 2 rings (SSSR count). The molecule has 2 aromatic heterocycles. The Hall–Kier alpha value is -2.11. The lowest BCUT2D eigenvalue weighted by molar-refractivity contribution is 0.0698. The van der Waals surface area contributed by atoms with Gasteiger partial charge in [0.25, 0.3) is 0 Å². The number of carbonyl (C=O) groups is 1. The van der Waals surface area contributed by atoms with Crippen molar-refractivity contribution in [3.05, 3.63) is 23.7 Å². The molecule has 0 radical (unpaired) electrons. The number of aryl methyl sites for hydroxylation is 2. The summed E-state index contributed by atoms with van der Waals surface area (Å²) < 4.78 is 1.64. The van der Waals surface area contributed by atoms with Crippen molar-refractivity contribution in [2.45, 2.75) is 6.92 Å². The molecule has 0 bridgehead atoms. The fourth-order valence-corrected chi connectivity index (χ4v) is 1.50. The van der Waals surface area contributed by atoms with Crippen molar-refractivity contribution in [1.82, 2.24) is 20.0 Å². The van der Waals surface area contributed by atoms with E-state index >= 15 is 0 Å². The third kappa shape index (κ3) is 1.50. The second-order valence-electron chi connectivity index (χ2n) is 3.27. The standard InChI is InChI=1S/C9H10N4O2/c1-5-7(4-13(2)12-5)8-6(9(14)15)3-10-11-8/h3-4H,1-2H3,(H,10,11)(H,14,15). The van der Waals surface area contributed by atoms with E-state index in [1.807, 2.05) is 6.92 Å². The summed E-state index contributed by atoms with van der Waals surface area (Å²) in [4.78, 5) is 10.9. The van der Waals surface area contributed by atoms with Gasteiger partial charge >= 0.3 is 5.97 Å². The average Bonchev–Trinajstić information content (AvgIpc) is 2.71. The van der Waals surface area contributed by atoms with Crippen molar-refractivity contribution in [3.8, 4) is 11.3 Å². The minimum absolute atomic E-state index is 0.158. The van der Waals surface area contributed by atoms with Crippen LogP contribution in [0.5, 0.6) is 0 Å². The van der Waals surface area contributed by atoms with E-state index in [1.54, 1.807) is 17.9 Å². The first-order valence-electron chi connectivity index (χ1n) is 4.37. The molecule has 2 heterocycles. The van der Waals surface area contributed by atoms with E-state index in [4.69, 9.17) is 5.11 Å². The molecule has 0 aliphatic carbocycles. The molecule has 0 atom stereocenters. The predicted molar refractivity (Wildman–Crippen MR) is 52.5 cm³/mol. The molecular formula is C9H10N4O2.